The molecule has 0 aliphatic rings. The van der Waals surface area contributed by atoms with Crippen molar-refractivity contribution >= 4 is 22.8 Å². The summed E-state index contributed by atoms with van der Waals surface area (Å²) in [7, 11) is 0. The fraction of sp³-hybridized carbons (Fsp3) is 0.115. The third-order valence-electron chi connectivity index (χ3n) is 5.75. The summed E-state index contributed by atoms with van der Waals surface area (Å²) >= 11 is 6.22. The summed E-state index contributed by atoms with van der Waals surface area (Å²) in [6.07, 6.45) is 1.62. The van der Waals surface area contributed by atoms with Crippen LogP contribution in [0.2, 0.25) is 5.02 Å². The van der Waals surface area contributed by atoms with E-state index in [0.29, 0.717) is 28.4 Å². The van der Waals surface area contributed by atoms with E-state index in [1.165, 1.54) is 9.13 Å². The zero-order valence-electron chi connectivity index (χ0n) is 18.0. The lowest BCUT2D eigenvalue weighted by molar-refractivity contribution is 0.677. The Kier molecular flexibility index (Phi) is 5.44. The highest BCUT2D eigenvalue weighted by Gasteiger charge is 2.20. The maximum atomic E-state index is 13.6. The molecule has 0 aliphatic carbocycles. The van der Waals surface area contributed by atoms with Crippen molar-refractivity contribution in [2.24, 2.45) is 0 Å². The second-order valence-corrected chi connectivity index (χ2v) is 8.38. The number of imidazole rings is 1. The number of fused-ring (bicyclic) bond motifs is 1. The van der Waals surface area contributed by atoms with Crippen LogP contribution in [0.5, 0.6) is 0 Å². The van der Waals surface area contributed by atoms with Crippen LogP contribution >= 0.6 is 11.6 Å². The fourth-order valence-electron chi connectivity index (χ4n) is 4.02. The first-order valence-corrected chi connectivity index (χ1v) is 11.0. The molecule has 6 nitrogen and oxygen atoms in total. The van der Waals surface area contributed by atoms with E-state index in [4.69, 9.17) is 11.6 Å². The van der Waals surface area contributed by atoms with Crippen LogP contribution in [0.3, 0.4) is 0 Å². The predicted octanol–water partition coefficient (Wildman–Crippen LogP) is 4.41. The summed E-state index contributed by atoms with van der Waals surface area (Å²) < 4.78 is 4.52. The normalized spacial score (nSPS) is 11.2. The van der Waals surface area contributed by atoms with Gasteiger partial charge in [-0.25, -0.2) is 14.3 Å². The summed E-state index contributed by atoms with van der Waals surface area (Å²) in [5.41, 5.74) is 3.46. The number of hydrogen-bond acceptors (Lipinski definition) is 3. The van der Waals surface area contributed by atoms with E-state index in [0.717, 1.165) is 16.7 Å². The van der Waals surface area contributed by atoms with Gasteiger partial charge in [-0.3, -0.25) is 9.36 Å². The maximum absolute atomic E-state index is 13.6. The molecular weight excluding hydrogens is 436 g/mol. The highest BCUT2D eigenvalue weighted by atomic mass is 35.5. The largest absolute Gasteiger partial charge is 0.337 e. The van der Waals surface area contributed by atoms with Crippen LogP contribution in [0, 0.1) is 6.92 Å². The molecule has 7 heteroatoms. The minimum atomic E-state index is -0.459. The Morgan fingerprint density at radius 3 is 2.39 bits per heavy atom. The summed E-state index contributed by atoms with van der Waals surface area (Å²) in [4.78, 5) is 31.7. The van der Waals surface area contributed by atoms with Gasteiger partial charge < -0.3 is 4.57 Å². The van der Waals surface area contributed by atoms with E-state index in [1.54, 1.807) is 30.6 Å². The van der Waals surface area contributed by atoms with Crippen LogP contribution in [0.1, 0.15) is 16.7 Å². The topological polar surface area (TPSA) is 61.8 Å². The molecule has 5 aromatic rings. The average molecular weight is 457 g/mol. The molecule has 0 aliphatic heterocycles. The minimum Gasteiger partial charge on any atom is -0.320 e. The van der Waals surface area contributed by atoms with Crippen LogP contribution in [0.4, 0.5) is 0 Å². The smallest absolute Gasteiger partial charge is 0.320 e. The third-order valence-corrected chi connectivity index (χ3v) is 5.99. The van der Waals surface area contributed by atoms with E-state index in [-0.39, 0.29) is 12.1 Å². The Morgan fingerprint density at radius 1 is 0.879 bits per heavy atom. The van der Waals surface area contributed by atoms with E-state index < -0.39 is 5.69 Å². The first-order chi connectivity index (χ1) is 16.0. The second kappa shape index (κ2) is 8.56. The highest BCUT2D eigenvalue weighted by molar-refractivity contribution is 6.30. The van der Waals surface area contributed by atoms with Crippen LogP contribution in [-0.4, -0.2) is 18.7 Å². The van der Waals surface area contributed by atoms with Gasteiger partial charge in [0.25, 0.3) is 5.56 Å². The van der Waals surface area contributed by atoms with Crippen LogP contribution in [0.15, 0.2) is 94.8 Å². The lowest BCUT2D eigenvalue weighted by atomic mass is 10.1. The molecular formula is C26H21ClN4O2. The maximum Gasteiger partial charge on any atom is 0.337 e. The van der Waals surface area contributed by atoms with E-state index in [1.807, 2.05) is 66.1 Å². The molecule has 0 unspecified atom stereocenters. The van der Waals surface area contributed by atoms with Gasteiger partial charge >= 0.3 is 5.69 Å². The molecule has 0 radical (unpaired) electrons. The molecule has 0 spiro atoms. The van der Waals surface area contributed by atoms with Gasteiger partial charge in [0.15, 0.2) is 11.2 Å². The predicted molar refractivity (Wildman–Crippen MR) is 130 cm³/mol. The van der Waals surface area contributed by atoms with Gasteiger partial charge in [-0.1, -0.05) is 72.3 Å². The van der Waals surface area contributed by atoms with Gasteiger partial charge in [0.2, 0.25) is 0 Å². The Hall–Kier alpha value is -3.90. The Labute approximate surface area is 195 Å². The van der Waals surface area contributed by atoms with Crippen molar-refractivity contribution in [1.82, 2.24) is 18.7 Å². The van der Waals surface area contributed by atoms with Gasteiger partial charge in [-0.2, -0.15) is 0 Å². The number of aryl methyl sites for hydroxylation is 1. The van der Waals surface area contributed by atoms with Crippen molar-refractivity contribution in [1.29, 1.82) is 0 Å². The van der Waals surface area contributed by atoms with E-state index in [2.05, 4.69) is 4.98 Å². The molecule has 0 atom stereocenters. The monoisotopic (exact) mass is 456 g/mol. The van der Waals surface area contributed by atoms with Gasteiger partial charge in [0, 0.05) is 11.6 Å². The number of benzene rings is 3. The average Bonchev–Trinajstić information content (AvgIpc) is 3.22. The van der Waals surface area contributed by atoms with Crippen LogP contribution < -0.4 is 11.2 Å². The van der Waals surface area contributed by atoms with E-state index >= 15 is 0 Å². The molecule has 164 valence electrons. The molecule has 0 amide bonds. The first-order valence-electron chi connectivity index (χ1n) is 10.6. The molecule has 2 aromatic heterocycles. The van der Waals surface area contributed by atoms with Crippen molar-refractivity contribution < 1.29 is 0 Å². The lowest BCUT2D eigenvalue weighted by Crippen LogP contribution is -2.40. The van der Waals surface area contributed by atoms with Crippen LogP contribution in [-0.2, 0) is 13.1 Å². The number of hydrogen-bond donors (Lipinski definition) is 0. The summed E-state index contributed by atoms with van der Waals surface area (Å²) in [6, 6.07) is 24.5. The zero-order chi connectivity index (χ0) is 22.9. The summed E-state index contributed by atoms with van der Waals surface area (Å²) in [5.74, 6) is 0. The van der Waals surface area contributed by atoms with E-state index in [9.17, 15) is 9.59 Å². The Morgan fingerprint density at radius 2 is 1.64 bits per heavy atom. The molecule has 0 saturated heterocycles. The number of nitrogens with zero attached hydrogens (tertiary/aromatic N) is 4. The molecule has 33 heavy (non-hydrogen) atoms. The van der Waals surface area contributed by atoms with Gasteiger partial charge in [-0.05, 0) is 41.8 Å². The quantitative estimate of drug-likeness (QED) is 0.393. The van der Waals surface area contributed by atoms with Crippen molar-refractivity contribution in [3.8, 4) is 5.69 Å². The Balaban J connectivity index is 1.78. The highest BCUT2D eigenvalue weighted by Crippen LogP contribution is 2.19. The SMILES string of the molecule is Cc1ccccc1Cn1cnc2c1c(=O)n(Cc1ccccc1)c(=O)n2-c1cccc(Cl)c1. The molecule has 0 bridgehead atoms. The summed E-state index contributed by atoms with van der Waals surface area (Å²) in [5, 5.41) is 0.493. The Bertz CT molecular complexity index is 1580. The number of halogens is 1. The van der Waals surface area contributed by atoms with Crippen molar-refractivity contribution in [2.75, 3.05) is 0 Å². The number of aromatic nitrogens is 4. The zero-order valence-corrected chi connectivity index (χ0v) is 18.7. The van der Waals surface area contributed by atoms with Gasteiger partial charge in [0.05, 0.1) is 18.6 Å². The molecule has 0 N–H and O–H groups in total. The number of rotatable bonds is 5. The van der Waals surface area contributed by atoms with Crippen molar-refractivity contribution in [2.45, 2.75) is 20.0 Å². The van der Waals surface area contributed by atoms with Gasteiger partial charge in [0.1, 0.15) is 0 Å². The lowest BCUT2D eigenvalue weighted by Gasteiger charge is -2.13. The third kappa shape index (κ3) is 3.90. The summed E-state index contributed by atoms with van der Waals surface area (Å²) in [6.45, 7) is 2.66. The van der Waals surface area contributed by atoms with Crippen LogP contribution in [0.25, 0.3) is 16.9 Å². The minimum absolute atomic E-state index is 0.157. The second-order valence-electron chi connectivity index (χ2n) is 7.95. The standard InChI is InChI=1S/C26H21ClN4O2/c1-18-8-5-6-11-20(18)16-29-17-28-24-23(29)25(32)30(15-19-9-3-2-4-10-19)26(33)31(24)22-13-7-12-21(27)14-22/h2-14,17H,15-16H2,1H3. The molecule has 0 fully saturated rings. The van der Waals surface area contributed by atoms with Crippen molar-refractivity contribution in [3.05, 3.63) is 128 Å². The van der Waals surface area contributed by atoms with Crippen molar-refractivity contribution in [3.63, 3.8) is 0 Å². The first kappa shape index (κ1) is 21.0. The molecule has 5 rings (SSSR count). The molecule has 0 saturated carbocycles. The molecule has 2 heterocycles. The molecule has 3 aromatic carbocycles. The van der Waals surface area contributed by atoms with Gasteiger partial charge in [-0.15, -0.1) is 0 Å². The fourth-order valence-corrected chi connectivity index (χ4v) is 4.21.